The van der Waals surface area contributed by atoms with E-state index in [1.807, 2.05) is 0 Å². The molecule has 0 aliphatic heterocycles. The Morgan fingerprint density at radius 3 is 3.00 bits per heavy atom. The second kappa shape index (κ2) is 3.73. The van der Waals surface area contributed by atoms with Crippen LogP contribution in [0.25, 0.3) is 5.82 Å². The molecule has 6 heteroatoms. The Morgan fingerprint density at radius 2 is 2.36 bits per heavy atom. The molecule has 0 radical (unpaired) electrons. The van der Waals surface area contributed by atoms with Crippen LogP contribution in [0.1, 0.15) is 5.56 Å². The minimum atomic E-state index is -0.122. The van der Waals surface area contributed by atoms with Gasteiger partial charge in [-0.15, -0.1) is 0 Å². The lowest BCUT2D eigenvalue weighted by Gasteiger charge is -2.03. The average molecular weight is 211 g/mol. The van der Waals surface area contributed by atoms with Gasteiger partial charge in [-0.2, -0.15) is 5.10 Å². The number of rotatable bonds is 2. The van der Waals surface area contributed by atoms with Gasteiger partial charge in [0.2, 0.25) is 0 Å². The minimum absolute atomic E-state index is 0.122. The molecule has 5 nitrogen and oxygen atoms in total. The van der Waals surface area contributed by atoms with Crippen molar-refractivity contribution in [2.24, 2.45) is 0 Å². The second-order valence-corrected chi connectivity index (χ2v) is 3.04. The highest BCUT2D eigenvalue weighted by molar-refractivity contribution is 6.31. The maximum Gasteiger partial charge on any atom is 0.155 e. The summed E-state index contributed by atoms with van der Waals surface area (Å²) in [5, 5.41) is 13.3. The molecule has 72 valence electrons. The van der Waals surface area contributed by atoms with E-state index in [4.69, 9.17) is 16.7 Å². The topological polar surface area (TPSA) is 63.8 Å². The molecule has 2 aromatic heterocycles. The Balaban J connectivity index is 2.46. The van der Waals surface area contributed by atoms with E-state index in [1.54, 1.807) is 6.07 Å². The third kappa shape index (κ3) is 1.59. The summed E-state index contributed by atoms with van der Waals surface area (Å²) in [5.74, 6) is 0.580. The van der Waals surface area contributed by atoms with Crippen LogP contribution in [0.3, 0.4) is 0 Å². The summed E-state index contributed by atoms with van der Waals surface area (Å²) in [7, 11) is 0. The van der Waals surface area contributed by atoms with Crippen LogP contribution in [0.5, 0.6) is 0 Å². The van der Waals surface area contributed by atoms with Gasteiger partial charge in [-0.05, 0) is 6.07 Å². The molecule has 0 saturated carbocycles. The highest BCUT2D eigenvalue weighted by atomic mass is 35.5. The van der Waals surface area contributed by atoms with E-state index in [-0.39, 0.29) is 6.61 Å². The monoisotopic (exact) mass is 210 g/mol. The van der Waals surface area contributed by atoms with Crippen molar-refractivity contribution < 1.29 is 5.11 Å². The summed E-state index contributed by atoms with van der Waals surface area (Å²) in [5.41, 5.74) is 0.618. The van der Waals surface area contributed by atoms with Crippen molar-refractivity contribution >= 4 is 11.6 Å². The number of aliphatic hydroxyl groups is 1. The molecule has 14 heavy (non-hydrogen) atoms. The second-order valence-electron chi connectivity index (χ2n) is 2.63. The number of nitrogens with zero attached hydrogens (tertiary/aromatic N) is 4. The first kappa shape index (κ1) is 9.11. The molecule has 1 N–H and O–H groups in total. The third-order valence-corrected chi connectivity index (χ3v) is 2.08. The number of halogens is 1. The first-order chi connectivity index (χ1) is 6.81. The normalized spacial score (nSPS) is 10.4. The van der Waals surface area contributed by atoms with E-state index in [2.05, 4.69) is 15.1 Å². The zero-order valence-electron chi connectivity index (χ0n) is 7.13. The standard InChI is InChI=1S/C8H7ClN4O/c9-7-2-11-8(1-6(7)3-14)13-5-10-4-12-13/h1-2,4-5,14H,3H2. The summed E-state index contributed by atoms with van der Waals surface area (Å²) < 4.78 is 1.50. The van der Waals surface area contributed by atoms with Gasteiger partial charge in [0.1, 0.15) is 12.7 Å². The summed E-state index contributed by atoms with van der Waals surface area (Å²) in [6, 6.07) is 1.66. The van der Waals surface area contributed by atoms with Gasteiger partial charge in [0.25, 0.3) is 0 Å². The smallest absolute Gasteiger partial charge is 0.155 e. The van der Waals surface area contributed by atoms with E-state index >= 15 is 0 Å². The summed E-state index contributed by atoms with van der Waals surface area (Å²) in [4.78, 5) is 7.84. The van der Waals surface area contributed by atoms with Crippen LogP contribution in [-0.2, 0) is 6.61 Å². The fraction of sp³-hybridized carbons (Fsp3) is 0.125. The van der Waals surface area contributed by atoms with Crippen LogP contribution < -0.4 is 0 Å². The lowest BCUT2D eigenvalue weighted by Crippen LogP contribution is -1.99. The lowest BCUT2D eigenvalue weighted by molar-refractivity contribution is 0.281. The molecule has 2 heterocycles. The Hall–Kier alpha value is -1.46. The van der Waals surface area contributed by atoms with Crippen LogP contribution in [-0.4, -0.2) is 24.9 Å². The first-order valence-corrected chi connectivity index (χ1v) is 4.29. The van der Waals surface area contributed by atoms with Gasteiger partial charge in [0.05, 0.1) is 11.6 Å². The van der Waals surface area contributed by atoms with Gasteiger partial charge in [-0.25, -0.2) is 14.6 Å². The average Bonchev–Trinajstić information content (AvgIpc) is 2.71. The third-order valence-electron chi connectivity index (χ3n) is 1.74. The largest absolute Gasteiger partial charge is 0.392 e. The van der Waals surface area contributed by atoms with Gasteiger partial charge >= 0.3 is 0 Å². The zero-order chi connectivity index (χ0) is 9.97. The van der Waals surface area contributed by atoms with Crippen molar-refractivity contribution in [3.8, 4) is 5.82 Å². The van der Waals surface area contributed by atoms with Crippen LogP contribution in [0.4, 0.5) is 0 Å². The Bertz CT molecular complexity index is 429. The van der Waals surface area contributed by atoms with E-state index in [0.29, 0.717) is 16.4 Å². The van der Waals surface area contributed by atoms with Gasteiger partial charge in [-0.3, -0.25) is 0 Å². The molecule has 2 rings (SSSR count). The molecule has 0 bridgehead atoms. The summed E-state index contributed by atoms with van der Waals surface area (Å²) >= 11 is 5.79. The lowest BCUT2D eigenvalue weighted by atomic mass is 10.3. The van der Waals surface area contributed by atoms with Crippen molar-refractivity contribution in [1.82, 2.24) is 19.7 Å². The molecule has 2 aromatic rings. The van der Waals surface area contributed by atoms with E-state index in [1.165, 1.54) is 23.5 Å². The highest BCUT2D eigenvalue weighted by Crippen LogP contribution is 2.16. The SMILES string of the molecule is OCc1cc(-n2cncn2)ncc1Cl. The Labute approximate surface area is 85.0 Å². The molecule has 0 fully saturated rings. The molecule has 0 atom stereocenters. The molecule has 0 aliphatic carbocycles. The van der Waals surface area contributed by atoms with E-state index < -0.39 is 0 Å². The first-order valence-electron chi connectivity index (χ1n) is 3.91. The predicted octanol–water partition coefficient (Wildman–Crippen LogP) is 0.808. The molecular weight excluding hydrogens is 204 g/mol. The van der Waals surface area contributed by atoms with Crippen LogP contribution in [0.2, 0.25) is 5.02 Å². The molecule has 0 aromatic carbocycles. The summed E-state index contributed by atoms with van der Waals surface area (Å²) in [6.45, 7) is -0.122. The van der Waals surface area contributed by atoms with Crippen molar-refractivity contribution in [3.05, 3.63) is 35.5 Å². The number of pyridine rings is 1. The van der Waals surface area contributed by atoms with Crippen molar-refractivity contribution in [2.45, 2.75) is 6.61 Å². The number of hydrogen-bond donors (Lipinski definition) is 1. The van der Waals surface area contributed by atoms with Crippen molar-refractivity contribution in [2.75, 3.05) is 0 Å². The summed E-state index contributed by atoms with van der Waals surface area (Å²) in [6.07, 6.45) is 4.41. The fourth-order valence-corrected chi connectivity index (χ4v) is 1.20. The maximum atomic E-state index is 8.98. The van der Waals surface area contributed by atoms with Gasteiger partial charge in [0, 0.05) is 11.8 Å². The Morgan fingerprint density at radius 1 is 1.50 bits per heavy atom. The zero-order valence-corrected chi connectivity index (χ0v) is 7.89. The van der Waals surface area contributed by atoms with Crippen molar-refractivity contribution in [3.63, 3.8) is 0 Å². The van der Waals surface area contributed by atoms with Crippen LogP contribution >= 0.6 is 11.6 Å². The molecule has 0 spiro atoms. The maximum absolute atomic E-state index is 8.98. The molecule has 0 unspecified atom stereocenters. The molecule has 0 aliphatic rings. The van der Waals surface area contributed by atoms with E-state index in [9.17, 15) is 0 Å². The highest BCUT2D eigenvalue weighted by Gasteiger charge is 2.03. The quantitative estimate of drug-likeness (QED) is 0.797. The molecule has 0 amide bonds. The van der Waals surface area contributed by atoms with Crippen molar-refractivity contribution in [1.29, 1.82) is 0 Å². The van der Waals surface area contributed by atoms with Crippen LogP contribution in [0.15, 0.2) is 24.9 Å². The molecular formula is C8H7ClN4O. The molecule has 0 saturated heterocycles. The Kier molecular flexibility index (Phi) is 2.43. The van der Waals surface area contributed by atoms with Crippen LogP contribution in [0, 0.1) is 0 Å². The van der Waals surface area contributed by atoms with Gasteiger partial charge in [0.15, 0.2) is 5.82 Å². The van der Waals surface area contributed by atoms with Gasteiger partial charge in [-0.1, -0.05) is 11.6 Å². The number of hydrogen-bond acceptors (Lipinski definition) is 4. The number of aromatic nitrogens is 4. The predicted molar refractivity (Wildman–Crippen MR) is 50.1 cm³/mol. The van der Waals surface area contributed by atoms with Gasteiger partial charge < -0.3 is 5.11 Å². The minimum Gasteiger partial charge on any atom is -0.392 e. The fourth-order valence-electron chi connectivity index (χ4n) is 1.04. The number of aliphatic hydroxyl groups excluding tert-OH is 1. The van der Waals surface area contributed by atoms with E-state index in [0.717, 1.165) is 0 Å².